The molecule has 8 heteroatoms. The van der Waals surface area contributed by atoms with Gasteiger partial charge in [-0.2, -0.15) is 4.98 Å². The van der Waals surface area contributed by atoms with Gasteiger partial charge in [0, 0.05) is 18.8 Å². The molecule has 2 saturated carbocycles. The van der Waals surface area contributed by atoms with Crippen LogP contribution in [0.3, 0.4) is 0 Å². The predicted octanol–water partition coefficient (Wildman–Crippen LogP) is 0.880. The maximum Gasteiger partial charge on any atom is 0.254 e. The zero-order valence-corrected chi connectivity index (χ0v) is 13.9. The third-order valence-corrected chi connectivity index (χ3v) is 4.69. The highest BCUT2D eigenvalue weighted by molar-refractivity contribution is 5.97. The van der Waals surface area contributed by atoms with Gasteiger partial charge in [0.15, 0.2) is 0 Å². The molecule has 1 aromatic rings. The summed E-state index contributed by atoms with van der Waals surface area (Å²) >= 11 is 0. The standard InChI is InChI=1S/C16H25N5O3/c1-2-24-10-6-9(7-10)19-16-18-8-11(14(17)23)15(21-16)20-12-4-3-5-13(12)22/h8-10,12-13,22H,2-7H2,1H3,(H2,17,23)(H2,18,19,20,21)/t9-,10-,12?,13-/m0/s1. The van der Waals surface area contributed by atoms with E-state index in [9.17, 15) is 9.90 Å². The fraction of sp³-hybridized carbons (Fsp3) is 0.688. The van der Waals surface area contributed by atoms with E-state index >= 15 is 0 Å². The van der Waals surface area contributed by atoms with Crippen molar-refractivity contribution in [3.8, 4) is 0 Å². The molecule has 2 atom stereocenters. The number of rotatable bonds is 7. The minimum absolute atomic E-state index is 0.114. The lowest BCUT2D eigenvalue weighted by Crippen LogP contribution is -2.41. The van der Waals surface area contributed by atoms with Crippen molar-refractivity contribution >= 4 is 17.7 Å². The van der Waals surface area contributed by atoms with E-state index in [-0.39, 0.29) is 17.6 Å². The zero-order chi connectivity index (χ0) is 17.1. The van der Waals surface area contributed by atoms with E-state index in [4.69, 9.17) is 10.5 Å². The normalized spacial score (nSPS) is 29.1. The summed E-state index contributed by atoms with van der Waals surface area (Å²) in [6.45, 7) is 2.71. The number of aliphatic hydroxyl groups is 1. The second kappa shape index (κ2) is 7.31. The van der Waals surface area contributed by atoms with Crippen LogP contribution < -0.4 is 16.4 Å². The van der Waals surface area contributed by atoms with Gasteiger partial charge in [0.2, 0.25) is 5.95 Å². The van der Waals surface area contributed by atoms with Crippen LogP contribution in [0.25, 0.3) is 0 Å². The van der Waals surface area contributed by atoms with E-state index in [2.05, 4.69) is 20.6 Å². The van der Waals surface area contributed by atoms with E-state index in [1.54, 1.807) is 0 Å². The summed E-state index contributed by atoms with van der Waals surface area (Å²) in [5.74, 6) is 0.248. The molecule has 0 aliphatic heterocycles. The highest BCUT2D eigenvalue weighted by Crippen LogP contribution is 2.27. The number of nitrogens with one attached hydrogen (secondary N) is 2. The Kier molecular flexibility index (Phi) is 5.15. The first-order valence-corrected chi connectivity index (χ1v) is 8.56. The quantitative estimate of drug-likeness (QED) is 0.583. The van der Waals surface area contributed by atoms with Crippen molar-refractivity contribution in [1.82, 2.24) is 9.97 Å². The van der Waals surface area contributed by atoms with Crippen LogP contribution in [0, 0.1) is 0 Å². The van der Waals surface area contributed by atoms with E-state index in [0.717, 1.165) is 38.7 Å². The van der Waals surface area contributed by atoms with Crippen LogP contribution in [0.15, 0.2) is 6.20 Å². The van der Waals surface area contributed by atoms with E-state index in [0.29, 0.717) is 17.9 Å². The molecule has 5 N–H and O–H groups in total. The Morgan fingerprint density at radius 2 is 2.21 bits per heavy atom. The van der Waals surface area contributed by atoms with Crippen molar-refractivity contribution in [2.75, 3.05) is 17.2 Å². The maximum atomic E-state index is 11.6. The molecular weight excluding hydrogens is 310 g/mol. The fourth-order valence-corrected chi connectivity index (χ4v) is 3.26. The third kappa shape index (κ3) is 3.76. The maximum absolute atomic E-state index is 11.6. The Balaban J connectivity index is 1.68. The largest absolute Gasteiger partial charge is 0.391 e. The summed E-state index contributed by atoms with van der Waals surface area (Å²) in [5, 5.41) is 16.4. The minimum Gasteiger partial charge on any atom is -0.391 e. The minimum atomic E-state index is -0.586. The SMILES string of the molecule is CCO[C@H]1C[C@H](Nc2ncc(C(N)=O)c(NC3CCC[C@@H]3O)n2)C1. The molecule has 24 heavy (non-hydrogen) atoms. The molecule has 0 bridgehead atoms. The number of aromatic nitrogens is 2. The van der Waals surface area contributed by atoms with Crippen molar-refractivity contribution in [3.05, 3.63) is 11.8 Å². The first-order chi connectivity index (χ1) is 11.6. The smallest absolute Gasteiger partial charge is 0.254 e. The number of carbonyl (C=O) groups excluding carboxylic acids is 1. The molecule has 2 aliphatic carbocycles. The lowest BCUT2D eigenvalue weighted by Gasteiger charge is -2.35. The molecule has 2 aliphatic rings. The van der Waals surface area contributed by atoms with Gasteiger partial charge in [-0.3, -0.25) is 4.79 Å². The number of aliphatic hydroxyl groups excluding tert-OH is 1. The van der Waals surface area contributed by atoms with Gasteiger partial charge < -0.3 is 26.2 Å². The molecule has 3 rings (SSSR count). The Morgan fingerprint density at radius 3 is 2.83 bits per heavy atom. The van der Waals surface area contributed by atoms with Gasteiger partial charge in [0.25, 0.3) is 5.91 Å². The van der Waals surface area contributed by atoms with Gasteiger partial charge in [-0.25, -0.2) is 4.98 Å². The molecule has 8 nitrogen and oxygen atoms in total. The van der Waals surface area contributed by atoms with Gasteiger partial charge in [-0.05, 0) is 39.0 Å². The number of anilines is 2. The van der Waals surface area contributed by atoms with Gasteiger partial charge in [0.05, 0.1) is 23.8 Å². The number of nitrogens with two attached hydrogens (primary N) is 1. The zero-order valence-electron chi connectivity index (χ0n) is 13.9. The second-order valence-electron chi connectivity index (χ2n) is 6.46. The van der Waals surface area contributed by atoms with Crippen LogP contribution >= 0.6 is 0 Å². The Labute approximate surface area is 141 Å². The Bertz CT molecular complexity index is 591. The summed E-state index contributed by atoms with van der Waals surface area (Å²) in [7, 11) is 0. The molecule has 1 amide bonds. The summed E-state index contributed by atoms with van der Waals surface area (Å²) in [6, 6.07) is 0.155. The lowest BCUT2D eigenvalue weighted by atomic mass is 9.89. The first kappa shape index (κ1) is 16.9. The number of carbonyl (C=O) groups is 1. The fourth-order valence-electron chi connectivity index (χ4n) is 3.26. The van der Waals surface area contributed by atoms with Crippen molar-refractivity contribution in [1.29, 1.82) is 0 Å². The molecule has 0 aromatic carbocycles. The van der Waals surface area contributed by atoms with Crippen molar-refractivity contribution in [2.24, 2.45) is 5.73 Å². The highest BCUT2D eigenvalue weighted by atomic mass is 16.5. The van der Waals surface area contributed by atoms with Crippen molar-refractivity contribution in [2.45, 2.75) is 63.3 Å². The third-order valence-electron chi connectivity index (χ3n) is 4.69. The van der Waals surface area contributed by atoms with E-state index in [1.165, 1.54) is 6.20 Å². The first-order valence-electron chi connectivity index (χ1n) is 8.56. The number of hydrogen-bond donors (Lipinski definition) is 4. The van der Waals surface area contributed by atoms with Crippen molar-refractivity contribution in [3.63, 3.8) is 0 Å². The van der Waals surface area contributed by atoms with Crippen LogP contribution in [-0.2, 0) is 4.74 Å². The van der Waals surface area contributed by atoms with Crippen LogP contribution in [0.4, 0.5) is 11.8 Å². The Morgan fingerprint density at radius 1 is 1.42 bits per heavy atom. The molecule has 1 heterocycles. The van der Waals surface area contributed by atoms with Gasteiger partial charge in [-0.1, -0.05) is 0 Å². The molecule has 132 valence electrons. The molecule has 0 saturated heterocycles. The molecule has 1 unspecified atom stereocenters. The monoisotopic (exact) mass is 335 g/mol. The molecule has 0 spiro atoms. The average molecular weight is 335 g/mol. The molecule has 0 radical (unpaired) electrons. The highest BCUT2D eigenvalue weighted by Gasteiger charge is 2.31. The summed E-state index contributed by atoms with van der Waals surface area (Å²) in [4.78, 5) is 20.2. The van der Waals surface area contributed by atoms with Crippen LogP contribution in [0.1, 0.15) is 49.4 Å². The molecule has 2 fully saturated rings. The summed E-state index contributed by atoms with van der Waals surface area (Å²) in [5.41, 5.74) is 5.64. The molecule has 1 aromatic heterocycles. The van der Waals surface area contributed by atoms with E-state index < -0.39 is 12.0 Å². The van der Waals surface area contributed by atoms with Crippen molar-refractivity contribution < 1.29 is 14.6 Å². The summed E-state index contributed by atoms with van der Waals surface area (Å²) in [6.07, 6.45) is 5.66. The van der Waals surface area contributed by atoms with Crippen LogP contribution in [-0.4, -0.2) is 51.9 Å². The predicted molar refractivity (Wildman–Crippen MR) is 89.9 cm³/mol. The summed E-state index contributed by atoms with van der Waals surface area (Å²) < 4.78 is 5.54. The van der Waals surface area contributed by atoms with E-state index in [1.807, 2.05) is 6.92 Å². The average Bonchev–Trinajstić information content (AvgIpc) is 2.90. The lowest BCUT2D eigenvalue weighted by molar-refractivity contribution is 0.00285. The number of amides is 1. The van der Waals surface area contributed by atoms with Crippen LogP contribution in [0.2, 0.25) is 0 Å². The topological polar surface area (TPSA) is 122 Å². The van der Waals surface area contributed by atoms with Gasteiger partial charge >= 0.3 is 0 Å². The van der Waals surface area contributed by atoms with Gasteiger partial charge in [-0.15, -0.1) is 0 Å². The van der Waals surface area contributed by atoms with Gasteiger partial charge in [0.1, 0.15) is 5.82 Å². The second-order valence-corrected chi connectivity index (χ2v) is 6.46. The number of ether oxygens (including phenoxy) is 1. The number of nitrogens with zero attached hydrogens (tertiary/aromatic N) is 2. The Hall–Kier alpha value is -1.93. The number of primary amides is 1. The van der Waals surface area contributed by atoms with Crippen LogP contribution in [0.5, 0.6) is 0 Å². The number of hydrogen-bond acceptors (Lipinski definition) is 7. The molecular formula is C16H25N5O3.